The molecule has 0 spiro atoms. The molecule has 0 saturated carbocycles. The van der Waals surface area contributed by atoms with E-state index in [2.05, 4.69) is 21.6 Å². The molecular formula is C23H28ClN3O2. The summed E-state index contributed by atoms with van der Waals surface area (Å²) in [7, 11) is 0. The van der Waals surface area contributed by atoms with Crippen LogP contribution in [0.4, 0.5) is 11.4 Å². The van der Waals surface area contributed by atoms with Gasteiger partial charge in [-0.1, -0.05) is 29.8 Å². The average molecular weight is 414 g/mol. The van der Waals surface area contributed by atoms with Gasteiger partial charge in [-0.15, -0.1) is 0 Å². The molecule has 0 bridgehead atoms. The Morgan fingerprint density at radius 2 is 1.83 bits per heavy atom. The first-order valence-corrected chi connectivity index (χ1v) is 10.6. The second-order valence-corrected chi connectivity index (χ2v) is 8.03. The van der Waals surface area contributed by atoms with E-state index in [4.69, 9.17) is 11.6 Å². The highest BCUT2D eigenvalue weighted by atomic mass is 35.5. The van der Waals surface area contributed by atoms with Crippen molar-refractivity contribution in [2.24, 2.45) is 0 Å². The van der Waals surface area contributed by atoms with Gasteiger partial charge in [0.25, 0.3) is 0 Å². The van der Waals surface area contributed by atoms with E-state index in [1.165, 1.54) is 12.8 Å². The van der Waals surface area contributed by atoms with Crippen LogP contribution < -0.4 is 15.5 Å². The molecule has 1 aliphatic rings. The minimum Gasteiger partial charge on any atom is -0.371 e. The molecule has 1 heterocycles. The van der Waals surface area contributed by atoms with Gasteiger partial charge in [-0.25, -0.2) is 0 Å². The van der Waals surface area contributed by atoms with Gasteiger partial charge in [0.1, 0.15) is 0 Å². The standard InChI is InChI=1S/C23H28ClN3O2/c1-17(25-22(28)11-10-18-6-4-7-19(24)15-18)14-23(29)26-20-8-5-9-21(16-20)27-12-2-3-13-27/h4-9,15-17H,2-3,10-14H2,1H3,(H,25,28)(H,26,29). The molecule has 29 heavy (non-hydrogen) atoms. The summed E-state index contributed by atoms with van der Waals surface area (Å²) in [6.45, 7) is 3.98. The first-order valence-electron chi connectivity index (χ1n) is 10.2. The van der Waals surface area contributed by atoms with Gasteiger partial charge < -0.3 is 15.5 Å². The van der Waals surface area contributed by atoms with Crippen molar-refractivity contribution < 1.29 is 9.59 Å². The highest BCUT2D eigenvalue weighted by molar-refractivity contribution is 6.30. The van der Waals surface area contributed by atoms with E-state index in [-0.39, 0.29) is 24.3 Å². The van der Waals surface area contributed by atoms with Crippen LogP contribution in [0.15, 0.2) is 48.5 Å². The Labute approximate surface area is 177 Å². The number of aryl methyl sites for hydroxylation is 1. The molecule has 0 radical (unpaired) electrons. The molecule has 5 nitrogen and oxygen atoms in total. The zero-order valence-electron chi connectivity index (χ0n) is 16.8. The fourth-order valence-electron chi connectivity index (χ4n) is 3.59. The summed E-state index contributed by atoms with van der Waals surface area (Å²) in [6, 6.07) is 15.2. The molecule has 0 aliphatic carbocycles. The van der Waals surface area contributed by atoms with Crippen LogP contribution in [0, 0.1) is 0 Å². The Balaban J connectivity index is 1.43. The third-order valence-corrected chi connectivity index (χ3v) is 5.26. The van der Waals surface area contributed by atoms with Crippen molar-refractivity contribution in [3.8, 4) is 0 Å². The summed E-state index contributed by atoms with van der Waals surface area (Å²) in [6.07, 6.45) is 3.64. The minimum atomic E-state index is -0.233. The number of hydrogen-bond acceptors (Lipinski definition) is 3. The Morgan fingerprint density at radius 3 is 2.59 bits per heavy atom. The second kappa shape index (κ2) is 10.3. The van der Waals surface area contributed by atoms with Crippen molar-refractivity contribution >= 4 is 34.8 Å². The van der Waals surface area contributed by atoms with E-state index >= 15 is 0 Å². The van der Waals surface area contributed by atoms with Gasteiger partial charge >= 0.3 is 0 Å². The number of rotatable bonds is 8. The summed E-state index contributed by atoms with van der Waals surface area (Å²) in [5.74, 6) is -0.174. The summed E-state index contributed by atoms with van der Waals surface area (Å²) in [5.41, 5.74) is 2.96. The van der Waals surface area contributed by atoms with Gasteiger partial charge in [0, 0.05) is 48.4 Å². The molecule has 1 aliphatic heterocycles. The van der Waals surface area contributed by atoms with Crippen molar-refractivity contribution in [1.82, 2.24) is 5.32 Å². The van der Waals surface area contributed by atoms with Crippen LogP contribution in [0.5, 0.6) is 0 Å². The molecule has 1 saturated heterocycles. The molecule has 0 aromatic heterocycles. The Bertz CT molecular complexity index is 850. The zero-order valence-corrected chi connectivity index (χ0v) is 17.5. The van der Waals surface area contributed by atoms with Gasteiger partial charge in [-0.3, -0.25) is 9.59 Å². The minimum absolute atomic E-state index is 0.0682. The molecule has 1 unspecified atom stereocenters. The van der Waals surface area contributed by atoms with Crippen LogP contribution in [-0.2, 0) is 16.0 Å². The molecule has 6 heteroatoms. The lowest BCUT2D eigenvalue weighted by Gasteiger charge is -2.19. The molecule has 2 aromatic rings. The second-order valence-electron chi connectivity index (χ2n) is 7.60. The Hall–Kier alpha value is -2.53. The monoisotopic (exact) mass is 413 g/mol. The predicted octanol–water partition coefficient (Wildman–Crippen LogP) is 4.41. The molecule has 154 valence electrons. The number of carbonyl (C=O) groups excluding carboxylic acids is 2. The maximum atomic E-state index is 12.4. The van der Waals surface area contributed by atoms with Crippen LogP contribution in [0.25, 0.3) is 0 Å². The maximum Gasteiger partial charge on any atom is 0.226 e. The average Bonchev–Trinajstić information content (AvgIpc) is 3.21. The smallest absolute Gasteiger partial charge is 0.226 e. The van der Waals surface area contributed by atoms with Crippen LogP contribution in [0.1, 0.15) is 38.2 Å². The summed E-state index contributed by atoms with van der Waals surface area (Å²) < 4.78 is 0. The zero-order chi connectivity index (χ0) is 20.6. The van der Waals surface area contributed by atoms with Gasteiger partial charge in [0.05, 0.1) is 0 Å². The highest BCUT2D eigenvalue weighted by Gasteiger charge is 2.15. The molecule has 2 amide bonds. The van der Waals surface area contributed by atoms with Crippen molar-refractivity contribution in [2.75, 3.05) is 23.3 Å². The lowest BCUT2D eigenvalue weighted by molar-refractivity contribution is -0.122. The topological polar surface area (TPSA) is 61.4 Å². The molecule has 1 atom stereocenters. The van der Waals surface area contributed by atoms with E-state index in [9.17, 15) is 9.59 Å². The summed E-state index contributed by atoms with van der Waals surface area (Å²) in [5, 5.41) is 6.51. The molecule has 2 N–H and O–H groups in total. The predicted molar refractivity (Wildman–Crippen MR) is 119 cm³/mol. The van der Waals surface area contributed by atoms with E-state index in [1.54, 1.807) is 0 Å². The van der Waals surface area contributed by atoms with Crippen molar-refractivity contribution in [1.29, 1.82) is 0 Å². The fourth-order valence-corrected chi connectivity index (χ4v) is 3.81. The Kier molecular flexibility index (Phi) is 7.53. The number of nitrogens with zero attached hydrogens (tertiary/aromatic N) is 1. The number of nitrogens with one attached hydrogen (secondary N) is 2. The van der Waals surface area contributed by atoms with Crippen molar-refractivity contribution in [2.45, 2.75) is 45.1 Å². The number of anilines is 2. The third kappa shape index (κ3) is 6.79. The van der Waals surface area contributed by atoms with E-state index in [0.29, 0.717) is 17.9 Å². The first-order chi connectivity index (χ1) is 14.0. The largest absolute Gasteiger partial charge is 0.371 e. The fraction of sp³-hybridized carbons (Fsp3) is 0.391. The maximum absolute atomic E-state index is 12.4. The normalized spacial score (nSPS) is 14.5. The van der Waals surface area contributed by atoms with Gasteiger partial charge in [-0.05, 0) is 62.1 Å². The van der Waals surface area contributed by atoms with Crippen LogP contribution >= 0.6 is 11.6 Å². The van der Waals surface area contributed by atoms with Gasteiger partial charge in [0.15, 0.2) is 0 Å². The number of hydrogen-bond donors (Lipinski definition) is 2. The highest BCUT2D eigenvalue weighted by Crippen LogP contribution is 2.23. The third-order valence-electron chi connectivity index (χ3n) is 5.03. The SMILES string of the molecule is CC(CC(=O)Nc1cccc(N2CCCC2)c1)NC(=O)CCc1cccc(Cl)c1. The Morgan fingerprint density at radius 1 is 1.07 bits per heavy atom. The summed E-state index contributed by atoms with van der Waals surface area (Å²) >= 11 is 5.97. The summed E-state index contributed by atoms with van der Waals surface area (Å²) in [4.78, 5) is 26.9. The van der Waals surface area contributed by atoms with E-state index in [1.807, 2.05) is 49.4 Å². The molecule has 3 rings (SSSR count). The van der Waals surface area contributed by atoms with Crippen LogP contribution in [-0.4, -0.2) is 30.9 Å². The number of benzene rings is 2. The van der Waals surface area contributed by atoms with Crippen molar-refractivity contribution in [3.05, 3.63) is 59.1 Å². The number of halogens is 1. The first kappa shape index (κ1) is 21.2. The lowest BCUT2D eigenvalue weighted by Crippen LogP contribution is -2.35. The van der Waals surface area contributed by atoms with Crippen molar-refractivity contribution in [3.63, 3.8) is 0 Å². The molecular weight excluding hydrogens is 386 g/mol. The van der Waals surface area contributed by atoms with E-state index in [0.717, 1.165) is 30.0 Å². The lowest BCUT2D eigenvalue weighted by atomic mass is 10.1. The number of amides is 2. The van der Waals surface area contributed by atoms with Gasteiger partial charge in [0.2, 0.25) is 11.8 Å². The van der Waals surface area contributed by atoms with E-state index < -0.39 is 0 Å². The van der Waals surface area contributed by atoms with Gasteiger partial charge in [-0.2, -0.15) is 0 Å². The quantitative estimate of drug-likeness (QED) is 0.674. The van der Waals surface area contributed by atoms with Crippen LogP contribution in [0.2, 0.25) is 5.02 Å². The molecule has 1 fully saturated rings. The molecule has 2 aromatic carbocycles. The van der Waals surface area contributed by atoms with Crippen LogP contribution in [0.3, 0.4) is 0 Å². The number of carbonyl (C=O) groups is 2.